The first kappa shape index (κ1) is 14.3. The summed E-state index contributed by atoms with van der Waals surface area (Å²) >= 11 is 11.9. The third kappa shape index (κ3) is 3.06. The van der Waals surface area contributed by atoms with Crippen LogP contribution in [-0.4, -0.2) is 17.0 Å². The van der Waals surface area contributed by atoms with Gasteiger partial charge < -0.3 is 5.32 Å². The van der Waals surface area contributed by atoms with Crippen molar-refractivity contribution in [1.82, 2.24) is 15.3 Å². The van der Waals surface area contributed by atoms with E-state index >= 15 is 0 Å². The van der Waals surface area contributed by atoms with Crippen LogP contribution in [0.25, 0.3) is 11.4 Å². The van der Waals surface area contributed by atoms with Crippen LogP contribution in [0.2, 0.25) is 10.0 Å². The first-order valence-corrected chi connectivity index (χ1v) is 6.74. The summed E-state index contributed by atoms with van der Waals surface area (Å²) in [4.78, 5) is 8.93. The Morgan fingerprint density at radius 2 is 1.95 bits per heavy atom. The number of hydrogen-bond acceptors (Lipinski definition) is 3. The number of aromatic nitrogens is 2. The molecule has 3 nitrogen and oxygen atoms in total. The van der Waals surface area contributed by atoms with Crippen molar-refractivity contribution in [3.05, 3.63) is 45.7 Å². The molecule has 1 N–H and O–H groups in total. The van der Waals surface area contributed by atoms with Crippen molar-refractivity contribution in [3.63, 3.8) is 0 Å². The van der Waals surface area contributed by atoms with Crippen molar-refractivity contribution in [2.75, 3.05) is 7.05 Å². The van der Waals surface area contributed by atoms with Gasteiger partial charge in [-0.3, -0.25) is 0 Å². The number of halogens is 2. The van der Waals surface area contributed by atoms with Crippen molar-refractivity contribution >= 4 is 23.2 Å². The summed E-state index contributed by atoms with van der Waals surface area (Å²) < 4.78 is 0. The summed E-state index contributed by atoms with van der Waals surface area (Å²) in [6.07, 6.45) is 1.85. The van der Waals surface area contributed by atoms with Crippen molar-refractivity contribution < 1.29 is 0 Å². The highest BCUT2D eigenvalue weighted by atomic mass is 35.5. The Bertz CT molecular complexity index is 599. The molecular weight excluding hydrogens is 281 g/mol. The summed E-state index contributed by atoms with van der Waals surface area (Å²) in [5.74, 6) is 0.656. The number of benzene rings is 1. The number of aryl methyl sites for hydroxylation is 1. The molecule has 0 aliphatic rings. The van der Waals surface area contributed by atoms with Crippen LogP contribution >= 0.6 is 23.2 Å². The van der Waals surface area contributed by atoms with Gasteiger partial charge in [0.2, 0.25) is 0 Å². The molecule has 100 valence electrons. The molecule has 0 saturated carbocycles. The molecule has 0 aliphatic heterocycles. The molecule has 1 aromatic heterocycles. The van der Waals surface area contributed by atoms with Gasteiger partial charge in [-0.25, -0.2) is 9.97 Å². The second-order valence-corrected chi connectivity index (χ2v) is 5.19. The number of nitrogens with one attached hydrogen (secondary N) is 1. The second-order valence-electron chi connectivity index (χ2n) is 4.37. The van der Waals surface area contributed by atoms with Crippen molar-refractivity contribution in [2.45, 2.75) is 19.9 Å². The fourth-order valence-electron chi connectivity index (χ4n) is 1.83. The van der Waals surface area contributed by atoms with E-state index in [0.717, 1.165) is 16.8 Å². The van der Waals surface area contributed by atoms with Crippen molar-refractivity contribution in [2.24, 2.45) is 0 Å². The van der Waals surface area contributed by atoms with Gasteiger partial charge in [0.1, 0.15) is 0 Å². The molecule has 1 heterocycles. The minimum Gasteiger partial charge on any atom is -0.313 e. The SMILES string of the molecule is CNC(C)c1cnc(-c2ccc(Cl)c(Cl)c2)nc1C. The van der Waals surface area contributed by atoms with Crippen LogP contribution in [0.15, 0.2) is 24.4 Å². The summed E-state index contributed by atoms with van der Waals surface area (Å²) in [5, 5.41) is 4.22. The molecule has 1 aromatic carbocycles. The standard InChI is InChI=1S/C14H15Cl2N3/c1-8(17-3)11-7-18-14(19-9(11)2)10-4-5-12(15)13(16)6-10/h4-8,17H,1-3H3. The van der Waals surface area contributed by atoms with E-state index in [9.17, 15) is 0 Å². The highest BCUT2D eigenvalue weighted by molar-refractivity contribution is 6.42. The lowest BCUT2D eigenvalue weighted by atomic mass is 10.1. The van der Waals surface area contributed by atoms with E-state index in [1.54, 1.807) is 12.1 Å². The molecule has 5 heteroatoms. The van der Waals surface area contributed by atoms with E-state index in [-0.39, 0.29) is 6.04 Å². The molecule has 0 amide bonds. The second kappa shape index (κ2) is 5.87. The fraction of sp³-hybridized carbons (Fsp3) is 0.286. The highest BCUT2D eigenvalue weighted by Gasteiger charge is 2.11. The van der Waals surface area contributed by atoms with Gasteiger partial charge in [0.15, 0.2) is 5.82 Å². The first-order valence-electron chi connectivity index (χ1n) is 5.99. The third-order valence-corrected chi connectivity index (χ3v) is 3.83. The van der Waals surface area contributed by atoms with E-state index < -0.39 is 0 Å². The predicted octanol–water partition coefficient (Wildman–Crippen LogP) is 4.04. The van der Waals surface area contributed by atoms with Gasteiger partial charge in [0.05, 0.1) is 10.0 Å². The maximum absolute atomic E-state index is 6.01. The predicted molar refractivity (Wildman–Crippen MR) is 79.7 cm³/mol. The van der Waals surface area contributed by atoms with E-state index in [1.165, 1.54) is 0 Å². The molecule has 0 saturated heterocycles. The van der Waals surface area contributed by atoms with Gasteiger partial charge >= 0.3 is 0 Å². The molecule has 0 radical (unpaired) electrons. The van der Waals surface area contributed by atoms with Crippen LogP contribution in [0, 0.1) is 6.92 Å². The molecule has 2 aromatic rings. The van der Waals surface area contributed by atoms with Crippen LogP contribution in [-0.2, 0) is 0 Å². The maximum Gasteiger partial charge on any atom is 0.159 e. The first-order chi connectivity index (χ1) is 9.02. The molecular formula is C14H15Cl2N3. The van der Waals surface area contributed by atoms with E-state index in [2.05, 4.69) is 22.2 Å². The Labute approximate surface area is 123 Å². The summed E-state index contributed by atoms with van der Waals surface area (Å²) in [5.41, 5.74) is 2.91. The monoisotopic (exact) mass is 295 g/mol. The smallest absolute Gasteiger partial charge is 0.159 e. The van der Waals surface area contributed by atoms with E-state index in [0.29, 0.717) is 15.9 Å². The van der Waals surface area contributed by atoms with Gasteiger partial charge in [-0.2, -0.15) is 0 Å². The average molecular weight is 296 g/mol. The molecule has 0 bridgehead atoms. The number of nitrogens with zero attached hydrogens (tertiary/aromatic N) is 2. The molecule has 1 unspecified atom stereocenters. The Balaban J connectivity index is 2.41. The Morgan fingerprint density at radius 3 is 2.53 bits per heavy atom. The molecule has 0 aliphatic carbocycles. The number of hydrogen-bond donors (Lipinski definition) is 1. The largest absolute Gasteiger partial charge is 0.313 e. The topological polar surface area (TPSA) is 37.8 Å². The van der Waals surface area contributed by atoms with Crippen LogP contribution in [0.4, 0.5) is 0 Å². The fourth-order valence-corrected chi connectivity index (χ4v) is 2.13. The number of rotatable bonds is 3. The molecule has 1 atom stereocenters. The lowest BCUT2D eigenvalue weighted by molar-refractivity contribution is 0.641. The average Bonchev–Trinajstić information content (AvgIpc) is 2.41. The molecule has 0 fully saturated rings. The quantitative estimate of drug-likeness (QED) is 0.929. The minimum absolute atomic E-state index is 0.225. The lowest BCUT2D eigenvalue weighted by Gasteiger charge is -2.13. The summed E-state index contributed by atoms with van der Waals surface area (Å²) in [6.45, 7) is 4.05. The van der Waals surface area contributed by atoms with E-state index in [1.807, 2.05) is 26.2 Å². The van der Waals surface area contributed by atoms with Crippen molar-refractivity contribution in [3.8, 4) is 11.4 Å². The molecule has 0 spiro atoms. The lowest BCUT2D eigenvalue weighted by Crippen LogP contribution is -2.14. The van der Waals surface area contributed by atoms with E-state index in [4.69, 9.17) is 23.2 Å². The van der Waals surface area contributed by atoms with Crippen LogP contribution in [0.1, 0.15) is 24.2 Å². The Kier molecular flexibility index (Phi) is 4.40. The zero-order valence-electron chi connectivity index (χ0n) is 11.0. The minimum atomic E-state index is 0.225. The van der Waals surface area contributed by atoms with Gasteiger partial charge in [0.25, 0.3) is 0 Å². The molecule has 2 rings (SSSR count). The zero-order chi connectivity index (χ0) is 14.0. The van der Waals surface area contributed by atoms with Gasteiger partial charge in [-0.15, -0.1) is 0 Å². The van der Waals surface area contributed by atoms with Gasteiger partial charge in [-0.1, -0.05) is 23.2 Å². The van der Waals surface area contributed by atoms with Crippen LogP contribution in [0.5, 0.6) is 0 Å². The Hall–Kier alpha value is -1.16. The summed E-state index contributed by atoms with van der Waals surface area (Å²) in [7, 11) is 1.91. The normalized spacial score (nSPS) is 12.5. The third-order valence-electron chi connectivity index (χ3n) is 3.09. The zero-order valence-corrected chi connectivity index (χ0v) is 12.5. The maximum atomic E-state index is 6.01. The summed E-state index contributed by atoms with van der Waals surface area (Å²) in [6, 6.07) is 5.62. The van der Waals surface area contributed by atoms with Gasteiger partial charge in [0, 0.05) is 29.1 Å². The van der Waals surface area contributed by atoms with Crippen LogP contribution < -0.4 is 5.32 Å². The molecule has 19 heavy (non-hydrogen) atoms. The van der Waals surface area contributed by atoms with Crippen LogP contribution in [0.3, 0.4) is 0 Å². The Morgan fingerprint density at radius 1 is 1.21 bits per heavy atom. The highest BCUT2D eigenvalue weighted by Crippen LogP contribution is 2.27. The van der Waals surface area contributed by atoms with Crippen molar-refractivity contribution in [1.29, 1.82) is 0 Å². The van der Waals surface area contributed by atoms with Gasteiger partial charge in [-0.05, 0) is 39.1 Å².